The first kappa shape index (κ1) is 15.9. The molecule has 1 aromatic heterocycles. The van der Waals surface area contributed by atoms with Crippen molar-refractivity contribution in [3.63, 3.8) is 0 Å². The van der Waals surface area contributed by atoms with Crippen LogP contribution in [0.5, 0.6) is 0 Å². The molecule has 0 radical (unpaired) electrons. The number of hydrogen-bond acceptors (Lipinski definition) is 4. The summed E-state index contributed by atoms with van der Waals surface area (Å²) in [5.74, 6) is -1.57. The summed E-state index contributed by atoms with van der Waals surface area (Å²) in [6, 6.07) is 2.66. The Kier molecular flexibility index (Phi) is 5.22. The van der Waals surface area contributed by atoms with Crippen LogP contribution in [0.1, 0.15) is 32.1 Å². The summed E-state index contributed by atoms with van der Waals surface area (Å²) in [4.78, 5) is 11.3. The van der Waals surface area contributed by atoms with Crippen molar-refractivity contribution < 1.29 is 18.3 Å². The highest BCUT2D eigenvalue weighted by atomic mass is 79.9. The fraction of sp³-hybridized carbons (Fsp3) is 0.583. The van der Waals surface area contributed by atoms with Crippen LogP contribution in [0.3, 0.4) is 0 Å². The third-order valence-corrected chi connectivity index (χ3v) is 7.06. The predicted octanol–water partition coefficient (Wildman–Crippen LogP) is 2.82. The van der Waals surface area contributed by atoms with Crippen molar-refractivity contribution >= 4 is 43.3 Å². The summed E-state index contributed by atoms with van der Waals surface area (Å²) in [6.45, 7) is 0. The third kappa shape index (κ3) is 3.81. The van der Waals surface area contributed by atoms with Gasteiger partial charge in [-0.3, -0.25) is 4.79 Å². The predicted molar refractivity (Wildman–Crippen MR) is 80.3 cm³/mol. The Balaban J connectivity index is 2.19. The van der Waals surface area contributed by atoms with E-state index in [9.17, 15) is 18.3 Å². The first-order valence-electron chi connectivity index (χ1n) is 6.40. The van der Waals surface area contributed by atoms with E-state index < -0.39 is 28.0 Å². The van der Waals surface area contributed by atoms with E-state index in [1.54, 1.807) is 6.07 Å². The van der Waals surface area contributed by atoms with E-state index in [-0.39, 0.29) is 4.21 Å². The lowest BCUT2D eigenvalue weighted by Gasteiger charge is -2.22. The smallest absolute Gasteiger partial charge is 0.308 e. The van der Waals surface area contributed by atoms with Crippen molar-refractivity contribution in [1.29, 1.82) is 0 Å². The van der Waals surface area contributed by atoms with Gasteiger partial charge in [-0.2, -0.15) is 0 Å². The minimum Gasteiger partial charge on any atom is -0.481 e. The van der Waals surface area contributed by atoms with Crippen LogP contribution in [0.4, 0.5) is 0 Å². The van der Waals surface area contributed by atoms with Gasteiger partial charge in [0.25, 0.3) is 0 Å². The Morgan fingerprint density at radius 3 is 2.60 bits per heavy atom. The summed E-state index contributed by atoms with van der Waals surface area (Å²) in [5.41, 5.74) is 0. The first-order chi connectivity index (χ1) is 9.40. The molecule has 5 nitrogen and oxygen atoms in total. The molecule has 0 aliphatic heterocycles. The molecule has 112 valence electrons. The average Bonchev–Trinajstić information content (AvgIpc) is 2.67. The van der Waals surface area contributed by atoms with Gasteiger partial charge in [-0.1, -0.05) is 19.3 Å². The van der Waals surface area contributed by atoms with Gasteiger partial charge in [-0.15, -0.1) is 11.3 Å². The van der Waals surface area contributed by atoms with Gasteiger partial charge in [0, 0.05) is 6.04 Å². The Bertz CT molecular complexity index is 584. The monoisotopic (exact) mass is 381 g/mol. The maximum Gasteiger partial charge on any atom is 0.308 e. The molecule has 2 N–H and O–H groups in total. The fourth-order valence-electron chi connectivity index (χ4n) is 2.44. The molecular formula is C12H16BrNO4S2. The second-order valence-corrected chi connectivity index (χ2v) is 9.27. The molecular weight excluding hydrogens is 366 g/mol. The number of hydrogen-bond donors (Lipinski definition) is 2. The van der Waals surface area contributed by atoms with E-state index in [1.165, 1.54) is 6.07 Å². The number of rotatable bonds is 4. The van der Waals surface area contributed by atoms with E-state index in [0.29, 0.717) is 12.8 Å². The van der Waals surface area contributed by atoms with Crippen molar-refractivity contribution in [1.82, 2.24) is 4.72 Å². The number of thiophene rings is 1. The van der Waals surface area contributed by atoms with Gasteiger partial charge in [0.1, 0.15) is 4.21 Å². The summed E-state index contributed by atoms with van der Waals surface area (Å²) >= 11 is 4.35. The molecule has 1 aliphatic carbocycles. The minimum absolute atomic E-state index is 0.206. The number of carboxylic acids is 1. The van der Waals surface area contributed by atoms with E-state index in [2.05, 4.69) is 20.7 Å². The van der Waals surface area contributed by atoms with Crippen LogP contribution in [-0.2, 0) is 14.8 Å². The van der Waals surface area contributed by atoms with Crippen LogP contribution < -0.4 is 4.72 Å². The van der Waals surface area contributed by atoms with Gasteiger partial charge in [0.15, 0.2) is 0 Å². The lowest BCUT2D eigenvalue weighted by atomic mass is 9.96. The summed E-state index contributed by atoms with van der Waals surface area (Å²) in [5, 5.41) is 9.27. The van der Waals surface area contributed by atoms with Gasteiger partial charge in [-0.25, -0.2) is 13.1 Å². The minimum atomic E-state index is -3.65. The van der Waals surface area contributed by atoms with E-state index >= 15 is 0 Å². The van der Waals surface area contributed by atoms with Crippen molar-refractivity contribution in [3.05, 3.63) is 15.9 Å². The summed E-state index contributed by atoms with van der Waals surface area (Å²) in [6.07, 6.45) is 3.73. The van der Waals surface area contributed by atoms with E-state index in [1.807, 2.05) is 0 Å². The molecule has 0 bridgehead atoms. The van der Waals surface area contributed by atoms with E-state index in [0.717, 1.165) is 34.4 Å². The quantitative estimate of drug-likeness (QED) is 0.785. The highest BCUT2D eigenvalue weighted by Crippen LogP contribution is 2.29. The molecule has 0 aromatic carbocycles. The first-order valence-corrected chi connectivity index (χ1v) is 9.50. The molecule has 0 spiro atoms. The van der Waals surface area contributed by atoms with Crippen LogP contribution in [-0.4, -0.2) is 25.5 Å². The molecule has 8 heteroatoms. The second kappa shape index (κ2) is 6.55. The van der Waals surface area contributed by atoms with E-state index in [4.69, 9.17) is 0 Å². The molecule has 0 amide bonds. The molecule has 1 fully saturated rings. The van der Waals surface area contributed by atoms with Gasteiger partial charge >= 0.3 is 5.97 Å². The zero-order valence-electron chi connectivity index (χ0n) is 10.7. The molecule has 1 saturated carbocycles. The van der Waals surface area contributed by atoms with Crippen LogP contribution in [0.15, 0.2) is 20.1 Å². The summed E-state index contributed by atoms with van der Waals surface area (Å²) in [7, 11) is -3.65. The van der Waals surface area contributed by atoms with Crippen molar-refractivity contribution in [2.24, 2.45) is 5.92 Å². The number of sulfonamides is 1. The van der Waals surface area contributed by atoms with Gasteiger partial charge in [-0.05, 0) is 40.9 Å². The topological polar surface area (TPSA) is 83.5 Å². The number of nitrogens with one attached hydrogen (secondary N) is 1. The van der Waals surface area contributed by atoms with Crippen LogP contribution in [0, 0.1) is 5.92 Å². The molecule has 2 rings (SSSR count). The standard InChI is InChI=1S/C12H16BrNO4S2/c13-10-6-7-11(19-10)20(17,18)14-9-5-3-1-2-4-8(9)12(15)16/h6-9,14H,1-5H2,(H,15,16). The number of halogens is 1. The number of carboxylic acid groups (broad SMARTS) is 1. The third-order valence-electron chi connectivity index (χ3n) is 3.45. The molecule has 20 heavy (non-hydrogen) atoms. The Morgan fingerprint density at radius 1 is 1.30 bits per heavy atom. The Labute approximate surface area is 130 Å². The molecule has 1 aliphatic rings. The lowest BCUT2D eigenvalue weighted by Crippen LogP contribution is -2.42. The largest absolute Gasteiger partial charge is 0.481 e. The molecule has 1 aromatic rings. The zero-order chi connectivity index (χ0) is 14.8. The second-order valence-electron chi connectivity index (χ2n) is 4.87. The fourth-order valence-corrected chi connectivity index (χ4v) is 5.78. The number of aliphatic carboxylic acids is 1. The van der Waals surface area contributed by atoms with Crippen LogP contribution >= 0.6 is 27.3 Å². The maximum atomic E-state index is 12.3. The SMILES string of the molecule is O=C(O)C1CCCCCC1NS(=O)(=O)c1ccc(Br)s1. The normalized spacial score (nSPS) is 24.2. The summed E-state index contributed by atoms with van der Waals surface area (Å²) < 4.78 is 28.1. The Hall–Kier alpha value is -0.440. The Morgan fingerprint density at radius 2 is 2.00 bits per heavy atom. The average molecular weight is 382 g/mol. The highest BCUT2D eigenvalue weighted by Gasteiger charge is 2.33. The van der Waals surface area contributed by atoms with Gasteiger partial charge in [0.2, 0.25) is 10.0 Å². The molecule has 2 unspecified atom stereocenters. The highest BCUT2D eigenvalue weighted by molar-refractivity contribution is 9.11. The van der Waals surface area contributed by atoms with Crippen molar-refractivity contribution in [2.75, 3.05) is 0 Å². The van der Waals surface area contributed by atoms with Crippen LogP contribution in [0.25, 0.3) is 0 Å². The van der Waals surface area contributed by atoms with Gasteiger partial charge in [0.05, 0.1) is 9.70 Å². The van der Waals surface area contributed by atoms with Gasteiger partial charge < -0.3 is 5.11 Å². The molecule has 0 saturated heterocycles. The lowest BCUT2D eigenvalue weighted by molar-refractivity contribution is -0.142. The van der Waals surface area contributed by atoms with Crippen molar-refractivity contribution in [3.8, 4) is 0 Å². The molecule has 1 heterocycles. The van der Waals surface area contributed by atoms with Crippen LogP contribution in [0.2, 0.25) is 0 Å². The maximum absolute atomic E-state index is 12.3. The zero-order valence-corrected chi connectivity index (χ0v) is 13.9. The van der Waals surface area contributed by atoms with Crippen molar-refractivity contribution in [2.45, 2.75) is 42.4 Å². The molecule has 2 atom stereocenters. The number of carbonyl (C=O) groups is 1.